The number of aliphatic carboxylic acids is 1. The molecule has 11 nitrogen and oxygen atoms in total. The lowest BCUT2D eigenvalue weighted by Crippen LogP contribution is -2.34. The maximum atomic E-state index is 12.6. The normalized spacial score (nSPS) is 14.7. The van der Waals surface area contributed by atoms with Gasteiger partial charge in [-0.05, 0) is 77.0 Å². The zero-order valence-corrected chi connectivity index (χ0v) is 37.4. The van der Waals surface area contributed by atoms with Crippen molar-refractivity contribution in [3.63, 3.8) is 0 Å². The largest absolute Gasteiger partial charge is 0.480 e. The summed E-state index contributed by atoms with van der Waals surface area (Å²) in [5.41, 5.74) is 5.32. The number of carboxylic acids is 1. The van der Waals surface area contributed by atoms with Crippen LogP contribution in [0.25, 0.3) is 0 Å². The van der Waals surface area contributed by atoms with Gasteiger partial charge in [0, 0.05) is 6.42 Å². The molecule has 0 heterocycles. The Labute approximate surface area is 361 Å². The van der Waals surface area contributed by atoms with Crippen molar-refractivity contribution in [2.75, 3.05) is 19.8 Å². The summed E-state index contributed by atoms with van der Waals surface area (Å²) < 4.78 is 32.6. The molecule has 0 amide bonds. The Morgan fingerprint density at radius 2 is 0.933 bits per heavy atom. The topological polar surface area (TPSA) is 172 Å². The number of ether oxygens (including phenoxy) is 2. The van der Waals surface area contributed by atoms with Gasteiger partial charge < -0.3 is 25.2 Å². The molecule has 0 aromatic carbocycles. The fraction of sp³-hybridized carbons (Fsp3) is 0.562. The third-order valence-corrected chi connectivity index (χ3v) is 9.50. The molecule has 0 aromatic rings. The highest BCUT2D eigenvalue weighted by Crippen LogP contribution is 2.43. The van der Waals surface area contributed by atoms with E-state index in [2.05, 4.69) is 103 Å². The van der Waals surface area contributed by atoms with Crippen LogP contribution in [0.1, 0.15) is 142 Å². The number of unbranched alkanes of at least 4 members (excludes halogenated alkanes) is 8. The van der Waals surface area contributed by atoms with Gasteiger partial charge in [-0.15, -0.1) is 0 Å². The molecular formula is C48H76NO10P. The number of hydrogen-bond donors (Lipinski definition) is 3. The first-order valence-electron chi connectivity index (χ1n) is 21.9. The van der Waals surface area contributed by atoms with Gasteiger partial charge >= 0.3 is 25.7 Å². The van der Waals surface area contributed by atoms with Crippen LogP contribution in [-0.2, 0) is 37.5 Å². The Balaban J connectivity index is 4.46. The zero-order chi connectivity index (χ0) is 44.2. The molecule has 60 heavy (non-hydrogen) atoms. The molecule has 0 fully saturated rings. The summed E-state index contributed by atoms with van der Waals surface area (Å²) in [5, 5.41) is 8.89. The quantitative estimate of drug-likeness (QED) is 0.0232. The highest BCUT2D eigenvalue weighted by atomic mass is 31.2. The molecule has 0 bridgehead atoms. The second-order valence-electron chi connectivity index (χ2n) is 14.1. The van der Waals surface area contributed by atoms with Gasteiger partial charge in [0.05, 0.1) is 19.6 Å². The fourth-order valence-corrected chi connectivity index (χ4v) is 5.97. The average Bonchev–Trinajstić information content (AvgIpc) is 3.22. The van der Waals surface area contributed by atoms with E-state index < -0.39 is 57.7 Å². The molecule has 0 saturated heterocycles. The van der Waals surface area contributed by atoms with Crippen LogP contribution >= 0.6 is 7.82 Å². The number of rotatable bonds is 39. The third kappa shape index (κ3) is 40.9. The molecule has 0 aromatic heterocycles. The van der Waals surface area contributed by atoms with Crippen LogP contribution in [0.5, 0.6) is 0 Å². The van der Waals surface area contributed by atoms with Crippen LogP contribution in [0.3, 0.4) is 0 Å². The number of esters is 2. The molecule has 0 radical (unpaired) electrons. The van der Waals surface area contributed by atoms with Crippen molar-refractivity contribution in [2.45, 2.75) is 154 Å². The predicted molar refractivity (Wildman–Crippen MR) is 244 cm³/mol. The van der Waals surface area contributed by atoms with Crippen molar-refractivity contribution in [1.29, 1.82) is 0 Å². The van der Waals surface area contributed by atoms with Gasteiger partial charge in [0.2, 0.25) is 0 Å². The molecule has 0 rings (SSSR count). The summed E-state index contributed by atoms with van der Waals surface area (Å²) in [7, 11) is -4.75. The van der Waals surface area contributed by atoms with E-state index in [1.54, 1.807) is 6.08 Å². The maximum absolute atomic E-state index is 12.6. The number of allylic oxidation sites excluding steroid dienone is 17. The van der Waals surface area contributed by atoms with E-state index >= 15 is 0 Å². The highest BCUT2D eigenvalue weighted by molar-refractivity contribution is 7.47. The molecule has 3 atom stereocenters. The van der Waals surface area contributed by atoms with E-state index in [0.717, 1.165) is 83.5 Å². The standard InChI is InChI=1S/C48H76NO10P/c1-3-5-7-9-11-13-15-17-19-20-21-22-23-24-26-27-29-31-33-35-37-39-46(50)56-41-44(42-57-60(54,55)58-43-45(49)48(52)53)59-47(51)40-38-36-34-32-30-28-25-18-16-14-12-10-8-6-4-2/h5-8,11-14,17-19,21-22,25,30,32,36,38,44-45H,3-4,9-10,15-16,20,23-24,26-29,31,33-35,37,39-43,49H2,1-2H3,(H,52,53)(H,54,55)/b7-5-,8-6-,13-11-,14-12-,19-17-,22-21-,25-18-,32-30-,38-36-. The fourth-order valence-electron chi connectivity index (χ4n) is 5.19. The van der Waals surface area contributed by atoms with Crippen molar-refractivity contribution in [3.8, 4) is 0 Å². The summed E-state index contributed by atoms with van der Waals surface area (Å²) in [5.74, 6) is -2.56. The molecule has 12 heteroatoms. The SMILES string of the molecule is CC/C=C\C/C=C\C/C=C\C/C=C\C/C=C\CC(=O)OC(COC(=O)CCCCCCCCCC/C=C\C/C=C\C/C=C\C/C=C\CC)COP(=O)(O)OCC(N)C(=O)O. The minimum atomic E-state index is -4.75. The highest BCUT2D eigenvalue weighted by Gasteiger charge is 2.28. The monoisotopic (exact) mass is 858 g/mol. The van der Waals surface area contributed by atoms with Gasteiger partial charge in [-0.1, -0.05) is 162 Å². The molecule has 0 saturated carbocycles. The lowest BCUT2D eigenvalue weighted by molar-refractivity contribution is -0.160. The molecule has 3 unspecified atom stereocenters. The minimum absolute atomic E-state index is 0.0794. The number of hydrogen-bond acceptors (Lipinski definition) is 9. The van der Waals surface area contributed by atoms with E-state index in [1.807, 2.05) is 18.2 Å². The molecule has 4 N–H and O–H groups in total. The second-order valence-corrected chi connectivity index (χ2v) is 15.5. The van der Waals surface area contributed by atoms with Crippen molar-refractivity contribution in [2.24, 2.45) is 5.73 Å². The Kier molecular flexibility index (Phi) is 39.2. The summed E-state index contributed by atoms with van der Waals surface area (Å²) in [6.45, 7) is 2.44. The first kappa shape index (κ1) is 56.1. The molecule has 0 aliphatic rings. The van der Waals surface area contributed by atoms with Gasteiger partial charge in [0.1, 0.15) is 12.6 Å². The number of phosphoric acid groups is 1. The van der Waals surface area contributed by atoms with Gasteiger partial charge in [-0.25, -0.2) is 4.57 Å². The molecule has 0 aliphatic heterocycles. The third-order valence-electron chi connectivity index (χ3n) is 8.55. The van der Waals surface area contributed by atoms with Gasteiger partial charge in [-0.2, -0.15) is 0 Å². The Morgan fingerprint density at radius 3 is 1.40 bits per heavy atom. The van der Waals surface area contributed by atoms with Crippen molar-refractivity contribution >= 4 is 25.7 Å². The number of carbonyl (C=O) groups is 3. The van der Waals surface area contributed by atoms with E-state index in [4.69, 9.17) is 24.8 Å². The van der Waals surface area contributed by atoms with Crippen LogP contribution in [0.4, 0.5) is 0 Å². The van der Waals surface area contributed by atoms with Crippen LogP contribution in [0, 0.1) is 0 Å². The van der Waals surface area contributed by atoms with E-state index in [0.29, 0.717) is 12.8 Å². The second kappa shape index (κ2) is 41.9. The molecule has 338 valence electrons. The Hall–Kier alpha value is -3.86. The van der Waals surface area contributed by atoms with E-state index in [-0.39, 0.29) is 12.8 Å². The van der Waals surface area contributed by atoms with Crippen LogP contribution in [-0.4, -0.2) is 59.9 Å². The molecule has 0 spiro atoms. The molecular weight excluding hydrogens is 781 g/mol. The summed E-state index contributed by atoms with van der Waals surface area (Å²) in [6, 6.07) is -1.54. The van der Waals surface area contributed by atoms with Crippen molar-refractivity contribution < 1.29 is 47.5 Å². The summed E-state index contributed by atoms with van der Waals surface area (Å²) in [6.07, 6.45) is 54.7. The number of carboxylic acid groups (broad SMARTS) is 1. The van der Waals surface area contributed by atoms with E-state index in [1.165, 1.54) is 19.3 Å². The lowest BCUT2D eigenvalue weighted by Gasteiger charge is -2.20. The number of phosphoric ester groups is 1. The smallest absolute Gasteiger partial charge is 0.472 e. The van der Waals surface area contributed by atoms with E-state index in [9.17, 15) is 23.8 Å². The first-order valence-corrected chi connectivity index (χ1v) is 23.4. The van der Waals surface area contributed by atoms with Gasteiger partial charge in [0.15, 0.2) is 6.10 Å². The van der Waals surface area contributed by atoms with Crippen molar-refractivity contribution in [1.82, 2.24) is 0 Å². The van der Waals surface area contributed by atoms with Crippen LogP contribution < -0.4 is 5.73 Å². The summed E-state index contributed by atoms with van der Waals surface area (Å²) >= 11 is 0. The lowest BCUT2D eigenvalue weighted by atomic mass is 10.1. The Bertz CT molecular complexity index is 1430. The first-order chi connectivity index (χ1) is 29.1. The summed E-state index contributed by atoms with van der Waals surface area (Å²) in [4.78, 5) is 45.9. The predicted octanol–water partition coefficient (Wildman–Crippen LogP) is 11.8. The van der Waals surface area contributed by atoms with Crippen LogP contribution in [0.15, 0.2) is 109 Å². The number of carbonyl (C=O) groups excluding carboxylic acids is 2. The van der Waals surface area contributed by atoms with Gasteiger partial charge in [-0.3, -0.25) is 23.4 Å². The zero-order valence-electron chi connectivity index (χ0n) is 36.5. The van der Waals surface area contributed by atoms with Gasteiger partial charge in [0.25, 0.3) is 0 Å². The Morgan fingerprint density at radius 1 is 0.533 bits per heavy atom. The molecule has 0 aliphatic carbocycles. The average molecular weight is 858 g/mol. The van der Waals surface area contributed by atoms with Crippen molar-refractivity contribution in [3.05, 3.63) is 109 Å². The minimum Gasteiger partial charge on any atom is -0.480 e. The maximum Gasteiger partial charge on any atom is 0.472 e. The van der Waals surface area contributed by atoms with Crippen LogP contribution in [0.2, 0.25) is 0 Å². The number of nitrogens with two attached hydrogens (primary N) is 1.